The number of sulfone groups is 1. The molecule has 0 aromatic carbocycles. The van der Waals surface area contributed by atoms with Gasteiger partial charge < -0.3 is 9.47 Å². The average Bonchev–Trinajstić information content (AvgIpc) is 2.90. The largest absolute Gasteiger partial charge is 0.337 e. The fourth-order valence-corrected chi connectivity index (χ4v) is 4.17. The molecule has 1 amide bonds. The van der Waals surface area contributed by atoms with E-state index in [1.165, 1.54) is 0 Å². The molecule has 0 bridgehead atoms. The summed E-state index contributed by atoms with van der Waals surface area (Å²) in [4.78, 5) is 20.0. The lowest BCUT2D eigenvalue weighted by Gasteiger charge is -2.42. The number of amides is 1. The molecule has 0 N–H and O–H groups in total. The molecule has 1 atom stereocenters. The highest BCUT2D eigenvalue weighted by atomic mass is 32.2. The number of aryl methyl sites for hydroxylation is 1. The number of hydrogen-bond acceptors (Lipinski definition) is 5. The van der Waals surface area contributed by atoms with E-state index in [1.807, 2.05) is 4.90 Å². The molecule has 2 aliphatic rings. The van der Waals surface area contributed by atoms with E-state index in [0.29, 0.717) is 25.3 Å². The number of hydrogen-bond donors (Lipinski definition) is 0. The number of nitrogens with zero attached hydrogens (tertiary/aromatic N) is 4. The van der Waals surface area contributed by atoms with Gasteiger partial charge in [0, 0.05) is 32.4 Å². The number of likely N-dealkylation sites (tertiary alicyclic amines) is 1. The molecule has 0 aliphatic carbocycles. The summed E-state index contributed by atoms with van der Waals surface area (Å²) < 4.78 is 51.4. The fraction of sp³-hybridized carbons (Fsp3) is 0.733. The van der Waals surface area contributed by atoms with Crippen LogP contribution in [0.2, 0.25) is 0 Å². The topological polar surface area (TPSA) is 75.5 Å². The van der Waals surface area contributed by atoms with Crippen LogP contribution in [0.3, 0.4) is 0 Å². The lowest BCUT2D eigenvalue weighted by atomic mass is 9.94. The fourth-order valence-electron chi connectivity index (χ4n) is 3.34. The van der Waals surface area contributed by atoms with Crippen LogP contribution in [-0.2, 0) is 28.2 Å². The van der Waals surface area contributed by atoms with Crippen molar-refractivity contribution in [3.05, 3.63) is 17.7 Å². The smallest absolute Gasteiger partial charge is 0.282 e. The number of imidazole rings is 1. The molecule has 0 radical (unpaired) electrons. The van der Waals surface area contributed by atoms with Crippen LogP contribution >= 0.6 is 0 Å². The van der Waals surface area contributed by atoms with Crippen molar-refractivity contribution < 1.29 is 22.0 Å². The number of alkyl halides is 2. The summed E-state index contributed by atoms with van der Waals surface area (Å²) in [5.74, 6) is -3.68. The van der Waals surface area contributed by atoms with Gasteiger partial charge in [-0.2, -0.15) is 0 Å². The van der Waals surface area contributed by atoms with E-state index in [2.05, 4.69) is 4.98 Å². The predicted molar refractivity (Wildman–Crippen MR) is 87.1 cm³/mol. The quantitative estimate of drug-likeness (QED) is 0.736. The van der Waals surface area contributed by atoms with Crippen molar-refractivity contribution in [3.63, 3.8) is 0 Å². The summed E-state index contributed by atoms with van der Waals surface area (Å²) in [6, 6.07) is 0. The maximum atomic E-state index is 13.1. The highest BCUT2D eigenvalue weighted by Gasteiger charge is 2.49. The molecule has 0 saturated carbocycles. The molecule has 1 fully saturated rings. The molecule has 25 heavy (non-hydrogen) atoms. The summed E-state index contributed by atoms with van der Waals surface area (Å²) in [5, 5.41) is 0. The second-order valence-electron chi connectivity index (χ2n) is 6.76. The predicted octanol–water partition coefficient (Wildman–Crippen LogP) is 0.232. The Hall–Kier alpha value is -1.55. The number of halogens is 2. The third kappa shape index (κ3) is 3.69. The number of carbonyl (C=O) groups excluding carboxylic acids is 1. The van der Waals surface area contributed by atoms with E-state index in [0.717, 1.165) is 10.6 Å². The van der Waals surface area contributed by atoms with Gasteiger partial charge in [0.25, 0.3) is 5.92 Å². The van der Waals surface area contributed by atoms with Crippen LogP contribution in [0.4, 0.5) is 8.78 Å². The van der Waals surface area contributed by atoms with E-state index in [1.54, 1.807) is 24.9 Å². The average molecular weight is 376 g/mol. The van der Waals surface area contributed by atoms with Crippen molar-refractivity contribution in [2.24, 2.45) is 7.05 Å². The maximum Gasteiger partial charge on any atom is 0.282 e. The van der Waals surface area contributed by atoms with Gasteiger partial charge in [0.2, 0.25) is 5.91 Å². The minimum atomic E-state index is -3.12. The zero-order valence-electron chi connectivity index (χ0n) is 14.3. The van der Waals surface area contributed by atoms with Crippen molar-refractivity contribution in [2.75, 3.05) is 37.7 Å². The molecular formula is C15H22F2N4O3S. The van der Waals surface area contributed by atoms with Crippen LogP contribution in [0.25, 0.3) is 0 Å². The van der Waals surface area contributed by atoms with Gasteiger partial charge in [-0.25, -0.2) is 22.2 Å². The molecule has 140 valence electrons. The van der Waals surface area contributed by atoms with E-state index in [4.69, 9.17) is 0 Å². The van der Waals surface area contributed by atoms with Crippen molar-refractivity contribution >= 4 is 15.7 Å². The summed E-state index contributed by atoms with van der Waals surface area (Å²) >= 11 is 0. The number of rotatable bonds is 5. The summed E-state index contributed by atoms with van der Waals surface area (Å²) in [7, 11) is -1.34. The van der Waals surface area contributed by atoms with Gasteiger partial charge in [-0.15, -0.1) is 0 Å². The molecule has 1 saturated heterocycles. The van der Waals surface area contributed by atoms with Crippen LogP contribution in [0, 0.1) is 0 Å². The minimum absolute atomic E-state index is 0.00830. The van der Waals surface area contributed by atoms with Crippen LogP contribution in [0.5, 0.6) is 0 Å². The van der Waals surface area contributed by atoms with E-state index in [9.17, 15) is 22.0 Å². The van der Waals surface area contributed by atoms with Gasteiger partial charge in [0.1, 0.15) is 0 Å². The highest BCUT2D eigenvalue weighted by molar-refractivity contribution is 7.91. The van der Waals surface area contributed by atoms with Crippen LogP contribution in [-0.4, -0.2) is 77.3 Å². The van der Waals surface area contributed by atoms with Crippen LogP contribution in [0.1, 0.15) is 24.2 Å². The molecule has 1 unspecified atom stereocenters. The Morgan fingerprint density at radius 3 is 2.68 bits per heavy atom. The molecule has 10 heteroatoms. The molecule has 7 nitrogen and oxygen atoms in total. The van der Waals surface area contributed by atoms with Gasteiger partial charge >= 0.3 is 0 Å². The Morgan fingerprint density at radius 2 is 2.08 bits per heavy atom. The lowest BCUT2D eigenvalue weighted by molar-refractivity contribution is -0.168. The second kappa shape index (κ2) is 6.31. The monoisotopic (exact) mass is 376 g/mol. The van der Waals surface area contributed by atoms with Crippen molar-refractivity contribution in [3.8, 4) is 0 Å². The first-order valence-corrected chi connectivity index (χ1v) is 10.0. The van der Waals surface area contributed by atoms with Crippen molar-refractivity contribution in [1.29, 1.82) is 0 Å². The minimum Gasteiger partial charge on any atom is -0.337 e. The Bertz CT molecular complexity index is 770. The highest BCUT2D eigenvalue weighted by Crippen LogP contribution is 2.33. The molecule has 1 aromatic heterocycles. The zero-order chi connectivity index (χ0) is 18.4. The Balaban J connectivity index is 1.77. The third-order valence-electron chi connectivity index (χ3n) is 4.82. The number of aromatic nitrogens is 2. The Morgan fingerprint density at radius 1 is 1.40 bits per heavy atom. The van der Waals surface area contributed by atoms with Crippen LogP contribution < -0.4 is 0 Å². The van der Waals surface area contributed by atoms with Crippen molar-refractivity contribution in [1.82, 2.24) is 19.4 Å². The first kappa shape index (κ1) is 18.2. The SMILES string of the molecule is CCS(=O)(=O)CCN1Cc2ncn(C)c2C(C(=O)N2CC(F)(F)C2)C1. The Labute approximate surface area is 145 Å². The van der Waals surface area contributed by atoms with Crippen molar-refractivity contribution in [2.45, 2.75) is 25.3 Å². The summed E-state index contributed by atoms with van der Waals surface area (Å²) in [6.07, 6.45) is 1.60. The molecular weight excluding hydrogens is 354 g/mol. The molecule has 1 aromatic rings. The summed E-state index contributed by atoms with van der Waals surface area (Å²) in [5.41, 5.74) is 1.43. The first-order chi connectivity index (χ1) is 11.6. The maximum absolute atomic E-state index is 13.1. The number of carbonyl (C=O) groups is 1. The van der Waals surface area contributed by atoms with Gasteiger partial charge in [-0.1, -0.05) is 6.92 Å². The molecule has 2 aliphatic heterocycles. The first-order valence-electron chi connectivity index (χ1n) is 8.21. The van der Waals surface area contributed by atoms with E-state index in [-0.39, 0.29) is 17.4 Å². The Kier molecular flexibility index (Phi) is 4.61. The summed E-state index contributed by atoms with van der Waals surface area (Å²) in [6.45, 7) is 1.55. The second-order valence-corrected chi connectivity index (χ2v) is 9.23. The van der Waals surface area contributed by atoms with Crippen LogP contribution in [0.15, 0.2) is 6.33 Å². The van der Waals surface area contributed by atoms with E-state index < -0.39 is 34.8 Å². The van der Waals surface area contributed by atoms with Gasteiger partial charge in [0.15, 0.2) is 9.84 Å². The lowest BCUT2D eigenvalue weighted by Crippen LogP contribution is -2.60. The van der Waals surface area contributed by atoms with Gasteiger partial charge in [0.05, 0.1) is 42.5 Å². The number of fused-ring (bicyclic) bond motifs is 1. The molecule has 3 rings (SSSR count). The molecule has 0 spiro atoms. The molecule has 3 heterocycles. The van der Waals surface area contributed by atoms with Gasteiger partial charge in [-0.05, 0) is 0 Å². The third-order valence-corrected chi connectivity index (χ3v) is 6.50. The van der Waals surface area contributed by atoms with Gasteiger partial charge in [-0.3, -0.25) is 9.69 Å². The standard InChI is InChI=1S/C15H22F2N4O3S/c1-3-25(23,24)5-4-20-6-11(13-12(7-20)18-10-19(13)2)14(22)21-8-15(16,17)9-21/h10-11H,3-9H2,1-2H3. The van der Waals surface area contributed by atoms with E-state index >= 15 is 0 Å². The zero-order valence-corrected chi connectivity index (χ0v) is 15.1. The normalized spacial score (nSPS) is 23.2.